The number of anilines is 3. The van der Waals surface area contributed by atoms with Gasteiger partial charge in [-0.05, 0) is 78.9 Å². The molecule has 0 saturated heterocycles. The molecule has 0 spiro atoms. The Morgan fingerprint density at radius 1 is 0.775 bits per heavy atom. The fraction of sp³-hybridized carbons (Fsp3) is 0.0741. The third kappa shape index (κ3) is 6.86. The number of nitrogens with one attached hydrogen (secondary N) is 2. The number of rotatable bonds is 10. The number of sulfonamides is 2. The normalized spacial score (nSPS) is 11.5. The maximum absolute atomic E-state index is 13.6. The third-order valence-corrected chi connectivity index (χ3v) is 9.23. The van der Waals surface area contributed by atoms with Crippen LogP contribution in [-0.2, 0) is 24.8 Å². The minimum Gasteiger partial charge on any atom is -0.495 e. The summed E-state index contributed by atoms with van der Waals surface area (Å²) in [4.78, 5) is 13.0. The largest absolute Gasteiger partial charge is 0.495 e. The van der Waals surface area contributed by atoms with Crippen molar-refractivity contribution < 1.29 is 26.4 Å². The first kappa shape index (κ1) is 29.2. The summed E-state index contributed by atoms with van der Waals surface area (Å²) in [6.45, 7) is -0.619. The lowest BCUT2D eigenvalue weighted by Gasteiger charge is -2.26. The lowest BCUT2D eigenvalue weighted by atomic mass is 10.3. The van der Waals surface area contributed by atoms with Crippen LogP contribution in [0.15, 0.2) is 107 Å². The highest BCUT2D eigenvalue weighted by Crippen LogP contribution is 2.35. The van der Waals surface area contributed by atoms with E-state index in [2.05, 4.69) is 10.0 Å². The Morgan fingerprint density at radius 3 is 2.00 bits per heavy atom. The SMILES string of the molecule is COc1ccc(Cl)cc1N(CC(=O)Nc1ccc(S(=O)(=O)Nc2ccc(Cl)cc2)cc1)S(=O)(=O)c1ccccc1. The van der Waals surface area contributed by atoms with Crippen LogP contribution >= 0.6 is 23.2 Å². The van der Waals surface area contributed by atoms with E-state index in [1.54, 1.807) is 30.3 Å². The Morgan fingerprint density at radius 2 is 1.38 bits per heavy atom. The molecule has 2 N–H and O–H groups in total. The summed E-state index contributed by atoms with van der Waals surface area (Å²) >= 11 is 12.0. The molecule has 0 fully saturated rings. The zero-order valence-electron chi connectivity index (χ0n) is 20.9. The summed E-state index contributed by atoms with van der Waals surface area (Å²) in [5.74, 6) is -0.490. The van der Waals surface area contributed by atoms with Gasteiger partial charge in [-0.25, -0.2) is 16.8 Å². The fourth-order valence-electron chi connectivity index (χ4n) is 3.66. The molecule has 0 aromatic heterocycles. The summed E-state index contributed by atoms with van der Waals surface area (Å²) in [6, 6.07) is 23.6. The first-order valence-electron chi connectivity index (χ1n) is 11.6. The number of hydrogen-bond acceptors (Lipinski definition) is 6. The minimum atomic E-state index is -4.21. The molecular weight excluding hydrogens is 597 g/mol. The number of benzene rings is 4. The highest BCUT2D eigenvalue weighted by molar-refractivity contribution is 7.93. The van der Waals surface area contributed by atoms with Crippen LogP contribution in [0.1, 0.15) is 0 Å². The molecule has 1 amide bonds. The van der Waals surface area contributed by atoms with E-state index in [1.807, 2.05) is 0 Å². The maximum Gasteiger partial charge on any atom is 0.264 e. The average molecular weight is 621 g/mol. The second-order valence-electron chi connectivity index (χ2n) is 8.33. The van der Waals surface area contributed by atoms with Crippen molar-refractivity contribution in [3.05, 3.63) is 107 Å². The number of nitrogens with zero attached hydrogens (tertiary/aromatic N) is 1. The second-order valence-corrected chi connectivity index (χ2v) is 12.7. The van der Waals surface area contributed by atoms with Crippen LogP contribution in [-0.4, -0.2) is 36.4 Å². The number of amides is 1. The molecule has 9 nitrogen and oxygen atoms in total. The third-order valence-electron chi connectivity index (χ3n) is 5.57. The lowest BCUT2D eigenvalue weighted by Crippen LogP contribution is -2.38. The van der Waals surface area contributed by atoms with E-state index in [9.17, 15) is 21.6 Å². The molecule has 4 aromatic carbocycles. The van der Waals surface area contributed by atoms with Gasteiger partial charge in [-0.3, -0.25) is 13.8 Å². The summed E-state index contributed by atoms with van der Waals surface area (Å²) in [5.41, 5.74) is 0.659. The number of ether oxygens (including phenoxy) is 1. The van der Waals surface area contributed by atoms with Gasteiger partial charge in [0.15, 0.2) is 0 Å². The Balaban J connectivity index is 1.56. The molecule has 0 aliphatic carbocycles. The van der Waals surface area contributed by atoms with Gasteiger partial charge in [-0.15, -0.1) is 0 Å². The van der Waals surface area contributed by atoms with E-state index >= 15 is 0 Å². The summed E-state index contributed by atoms with van der Waals surface area (Å²) in [6.07, 6.45) is 0. The average Bonchev–Trinajstić information content (AvgIpc) is 2.93. The molecular formula is C27H23Cl2N3O6S2. The van der Waals surface area contributed by atoms with Crippen molar-refractivity contribution in [3.63, 3.8) is 0 Å². The molecule has 0 bridgehead atoms. The minimum absolute atomic E-state index is 0.0347. The Bertz CT molecular complexity index is 1720. The van der Waals surface area contributed by atoms with Crippen LogP contribution in [0.4, 0.5) is 17.1 Å². The van der Waals surface area contributed by atoms with Crippen LogP contribution < -0.4 is 19.1 Å². The van der Waals surface area contributed by atoms with Gasteiger partial charge >= 0.3 is 0 Å². The number of halogens is 2. The van der Waals surface area contributed by atoms with Gasteiger partial charge in [0, 0.05) is 21.4 Å². The number of methoxy groups -OCH3 is 1. The van der Waals surface area contributed by atoms with Crippen molar-refractivity contribution in [3.8, 4) is 5.75 Å². The van der Waals surface area contributed by atoms with E-state index in [0.717, 1.165) is 4.31 Å². The second kappa shape index (κ2) is 12.2. The van der Waals surface area contributed by atoms with E-state index in [0.29, 0.717) is 10.7 Å². The smallest absolute Gasteiger partial charge is 0.264 e. The van der Waals surface area contributed by atoms with Crippen LogP contribution in [0.3, 0.4) is 0 Å². The molecule has 0 aliphatic rings. The zero-order valence-corrected chi connectivity index (χ0v) is 24.1. The van der Waals surface area contributed by atoms with Crippen molar-refractivity contribution in [1.82, 2.24) is 0 Å². The van der Waals surface area contributed by atoms with Gasteiger partial charge in [-0.1, -0.05) is 41.4 Å². The van der Waals surface area contributed by atoms with Crippen molar-refractivity contribution in [2.24, 2.45) is 0 Å². The van der Waals surface area contributed by atoms with Gasteiger partial charge in [0.1, 0.15) is 12.3 Å². The standard InChI is InChI=1S/C27H23Cl2N3O6S2/c1-38-26-16-9-20(29)17-25(26)32(40(36,37)24-5-3-2-4-6-24)18-27(33)30-21-12-14-23(15-13-21)39(34,35)31-22-10-7-19(28)8-11-22/h2-17,31H,18H2,1H3,(H,30,33). The molecule has 13 heteroatoms. The molecule has 4 rings (SSSR count). The first-order chi connectivity index (χ1) is 19.0. The van der Waals surface area contributed by atoms with Gasteiger partial charge in [0.2, 0.25) is 5.91 Å². The Kier molecular flexibility index (Phi) is 8.89. The Hall–Kier alpha value is -3.77. The van der Waals surface area contributed by atoms with Crippen LogP contribution in [0, 0.1) is 0 Å². The first-order valence-corrected chi connectivity index (χ1v) is 15.3. The van der Waals surface area contributed by atoms with Crippen molar-refractivity contribution in [2.75, 3.05) is 28.0 Å². The number of carbonyl (C=O) groups is 1. The predicted octanol–water partition coefficient (Wildman–Crippen LogP) is 5.64. The van der Waals surface area contributed by atoms with E-state index in [1.165, 1.54) is 73.8 Å². The molecule has 4 aromatic rings. The van der Waals surface area contributed by atoms with Gasteiger partial charge in [-0.2, -0.15) is 0 Å². The lowest BCUT2D eigenvalue weighted by molar-refractivity contribution is -0.114. The Labute approximate surface area is 242 Å². The van der Waals surface area contributed by atoms with Crippen molar-refractivity contribution in [2.45, 2.75) is 9.79 Å². The van der Waals surface area contributed by atoms with Crippen molar-refractivity contribution in [1.29, 1.82) is 0 Å². The number of hydrogen-bond donors (Lipinski definition) is 2. The van der Waals surface area contributed by atoms with Crippen LogP contribution in [0.5, 0.6) is 5.75 Å². The highest BCUT2D eigenvalue weighted by Gasteiger charge is 2.29. The van der Waals surface area contributed by atoms with E-state index in [-0.39, 0.29) is 31.9 Å². The topological polar surface area (TPSA) is 122 Å². The molecule has 0 aliphatic heterocycles. The molecule has 0 atom stereocenters. The zero-order chi connectivity index (χ0) is 28.9. The van der Waals surface area contributed by atoms with Crippen LogP contribution in [0.2, 0.25) is 10.0 Å². The molecule has 0 heterocycles. The molecule has 0 radical (unpaired) electrons. The van der Waals surface area contributed by atoms with Gasteiger partial charge < -0.3 is 10.1 Å². The highest BCUT2D eigenvalue weighted by atomic mass is 35.5. The van der Waals surface area contributed by atoms with Gasteiger partial charge in [0.25, 0.3) is 20.0 Å². The molecule has 0 unspecified atom stereocenters. The molecule has 40 heavy (non-hydrogen) atoms. The maximum atomic E-state index is 13.6. The monoisotopic (exact) mass is 619 g/mol. The molecule has 208 valence electrons. The van der Waals surface area contributed by atoms with E-state index in [4.69, 9.17) is 27.9 Å². The van der Waals surface area contributed by atoms with Crippen LogP contribution in [0.25, 0.3) is 0 Å². The van der Waals surface area contributed by atoms with Crippen molar-refractivity contribution >= 4 is 66.2 Å². The fourth-order valence-corrected chi connectivity index (χ4v) is 6.45. The summed E-state index contributed by atoms with van der Waals surface area (Å²) < 4.78 is 61.3. The molecule has 0 saturated carbocycles. The van der Waals surface area contributed by atoms with Gasteiger partial charge in [0.05, 0.1) is 22.6 Å². The quantitative estimate of drug-likeness (QED) is 0.237. The summed E-state index contributed by atoms with van der Waals surface area (Å²) in [7, 11) is -6.75. The predicted molar refractivity (Wildman–Crippen MR) is 156 cm³/mol. The van der Waals surface area contributed by atoms with E-state index < -0.39 is 32.5 Å². The number of carbonyl (C=O) groups excluding carboxylic acids is 1. The summed E-state index contributed by atoms with van der Waals surface area (Å²) in [5, 5.41) is 3.31.